The van der Waals surface area contributed by atoms with E-state index in [1.807, 2.05) is 0 Å². The Morgan fingerprint density at radius 2 is 1.74 bits per heavy atom. The van der Waals surface area contributed by atoms with Crippen molar-refractivity contribution in [2.24, 2.45) is 35.0 Å². The number of hydrogen-bond donors (Lipinski definition) is 0. The Balaban J connectivity index is 1.61. The quantitative estimate of drug-likeness (QED) is 0.622. The minimum atomic E-state index is 0.0860. The first-order valence-corrected chi connectivity index (χ1v) is 8.73. The third kappa shape index (κ3) is 1.69. The second kappa shape index (κ2) is 4.33. The fourth-order valence-corrected chi connectivity index (χ4v) is 6.60. The van der Waals surface area contributed by atoms with Crippen molar-refractivity contribution < 1.29 is 4.79 Å². The van der Waals surface area contributed by atoms with Crippen molar-refractivity contribution in [1.82, 2.24) is 0 Å². The number of ketones is 1. The van der Waals surface area contributed by atoms with Crippen LogP contribution in [0.25, 0.3) is 0 Å². The summed E-state index contributed by atoms with van der Waals surface area (Å²) in [5.41, 5.74) is 0.0860. The summed E-state index contributed by atoms with van der Waals surface area (Å²) in [6.45, 7) is 2.30. The van der Waals surface area contributed by atoms with Crippen LogP contribution in [0, 0.1) is 35.0 Å². The molecule has 0 amide bonds. The fraction of sp³-hybridized carbons (Fsp3) is 0.944. The highest BCUT2D eigenvalue weighted by atomic mass is 16.1. The van der Waals surface area contributed by atoms with Gasteiger partial charge in [-0.3, -0.25) is 4.79 Å². The molecule has 0 spiro atoms. The molecule has 0 bridgehead atoms. The Labute approximate surface area is 117 Å². The van der Waals surface area contributed by atoms with Gasteiger partial charge in [0.1, 0.15) is 5.78 Å². The van der Waals surface area contributed by atoms with E-state index in [1.165, 1.54) is 57.8 Å². The van der Waals surface area contributed by atoms with Gasteiger partial charge in [-0.2, -0.15) is 0 Å². The lowest BCUT2D eigenvalue weighted by Crippen LogP contribution is -2.48. The van der Waals surface area contributed by atoms with Crippen molar-refractivity contribution in [1.29, 1.82) is 0 Å². The van der Waals surface area contributed by atoms with Gasteiger partial charge in [-0.25, -0.2) is 0 Å². The van der Waals surface area contributed by atoms with E-state index >= 15 is 0 Å². The second-order valence-electron chi connectivity index (χ2n) is 8.14. The standard InChI is InChI=1S/C18H28O/c1-18-11-10-14-13-5-3-2-4-12(13)6-7-15(14)16(18)8-9-17(18)19/h12-16H,2-11H2,1H3/t12-,13-,14+,15+,16+,18+/m1/s1. The van der Waals surface area contributed by atoms with E-state index in [1.54, 1.807) is 0 Å². The lowest BCUT2D eigenvalue weighted by atomic mass is 9.51. The van der Waals surface area contributed by atoms with Crippen LogP contribution in [0.5, 0.6) is 0 Å². The monoisotopic (exact) mass is 260 g/mol. The molecule has 0 radical (unpaired) electrons. The molecule has 1 heteroatoms. The Morgan fingerprint density at radius 3 is 2.63 bits per heavy atom. The number of fused-ring (bicyclic) bond motifs is 5. The molecule has 0 unspecified atom stereocenters. The SMILES string of the molecule is C[C@]12CC[C@H]3[C@@H]4CCCC[C@@H]4CC[C@@H]3[C@@H]1CCC2=O. The molecule has 1 nitrogen and oxygen atoms in total. The van der Waals surface area contributed by atoms with E-state index < -0.39 is 0 Å². The third-order valence-electron chi connectivity index (χ3n) is 7.59. The van der Waals surface area contributed by atoms with Gasteiger partial charge in [-0.15, -0.1) is 0 Å². The molecule has 0 aromatic heterocycles. The van der Waals surface area contributed by atoms with Gasteiger partial charge in [0.25, 0.3) is 0 Å². The molecule has 0 aromatic carbocycles. The second-order valence-corrected chi connectivity index (χ2v) is 8.14. The van der Waals surface area contributed by atoms with Gasteiger partial charge in [0.05, 0.1) is 0 Å². The molecule has 6 atom stereocenters. The molecule has 0 aromatic rings. The first-order valence-electron chi connectivity index (χ1n) is 8.73. The highest BCUT2D eigenvalue weighted by Gasteiger charge is 2.56. The predicted octanol–water partition coefficient (Wildman–Crippen LogP) is 4.60. The Bertz CT molecular complexity index is 387. The number of Topliss-reactive ketones (excluding diaryl/α,β-unsaturated/α-hetero) is 1. The highest BCUT2D eigenvalue weighted by Crippen LogP contribution is 2.61. The van der Waals surface area contributed by atoms with E-state index in [2.05, 4.69) is 6.92 Å². The third-order valence-corrected chi connectivity index (χ3v) is 7.59. The smallest absolute Gasteiger partial charge is 0.139 e. The van der Waals surface area contributed by atoms with Crippen molar-refractivity contribution in [3.63, 3.8) is 0 Å². The summed E-state index contributed by atoms with van der Waals surface area (Å²) in [7, 11) is 0. The molecule has 4 aliphatic rings. The molecule has 0 N–H and O–H groups in total. The average Bonchev–Trinajstić information content (AvgIpc) is 2.75. The van der Waals surface area contributed by atoms with E-state index in [9.17, 15) is 4.79 Å². The summed E-state index contributed by atoms with van der Waals surface area (Å²) < 4.78 is 0. The summed E-state index contributed by atoms with van der Waals surface area (Å²) in [5.74, 6) is 5.33. The van der Waals surface area contributed by atoms with E-state index in [0.717, 1.165) is 36.0 Å². The van der Waals surface area contributed by atoms with Gasteiger partial charge >= 0.3 is 0 Å². The largest absolute Gasteiger partial charge is 0.299 e. The van der Waals surface area contributed by atoms with Gasteiger partial charge in [0.15, 0.2) is 0 Å². The number of carbonyl (C=O) groups is 1. The molecule has 0 aliphatic heterocycles. The molecule has 0 saturated heterocycles. The summed E-state index contributed by atoms with van der Waals surface area (Å²) in [6, 6.07) is 0. The molecular weight excluding hydrogens is 232 g/mol. The van der Waals surface area contributed by atoms with Gasteiger partial charge in [0, 0.05) is 11.8 Å². The molecule has 4 aliphatic carbocycles. The van der Waals surface area contributed by atoms with Crippen LogP contribution in [0.4, 0.5) is 0 Å². The zero-order valence-corrected chi connectivity index (χ0v) is 12.4. The predicted molar refractivity (Wildman–Crippen MR) is 76.7 cm³/mol. The number of hydrogen-bond acceptors (Lipinski definition) is 1. The number of carbonyl (C=O) groups excluding carboxylic acids is 1. The van der Waals surface area contributed by atoms with Crippen LogP contribution in [0.2, 0.25) is 0 Å². The molecule has 4 rings (SSSR count). The zero-order chi connectivity index (χ0) is 13.0. The van der Waals surface area contributed by atoms with Crippen LogP contribution in [0.15, 0.2) is 0 Å². The van der Waals surface area contributed by atoms with Crippen LogP contribution in [-0.4, -0.2) is 5.78 Å². The minimum absolute atomic E-state index is 0.0860. The maximum Gasteiger partial charge on any atom is 0.139 e. The topological polar surface area (TPSA) is 17.1 Å². The summed E-state index contributed by atoms with van der Waals surface area (Å²) in [5, 5.41) is 0. The van der Waals surface area contributed by atoms with Crippen LogP contribution in [-0.2, 0) is 4.79 Å². The van der Waals surface area contributed by atoms with Gasteiger partial charge in [-0.1, -0.05) is 26.2 Å². The Hall–Kier alpha value is -0.330. The van der Waals surface area contributed by atoms with Crippen LogP contribution >= 0.6 is 0 Å². The maximum atomic E-state index is 12.3. The van der Waals surface area contributed by atoms with E-state index in [0.29, 0.717) is 5.78 Å². The maximum absolute atomic E-state index is 12.3. The van der Waals surface area contributed by atoms with Crippen molar-refractivity contribution >= 4 is 5.78 Å². The molecular formula is C18H28O. The Morgan fingerprint density at radius 1 is 0.895 bits per heavy atom. The lowest BCUT2D eigenvalue weighted by Gasteiger charge is -2.54. The van der Waals surface area contributed by atoms with Crippen LogP contribution < -0.4 is 0 Å². The summed E-state index contributed by atoms with van der Waals surface area (Å²) in [6.07, 6.45) is 13.6. The number of rotatable bonds is 0. The van der Waals surface area contributed by atoms with Crippen molar-refractivity contribution in [2.45, 2.75) is 71.1 Å². The first-order chi connectivity index (χ1) is 9.20. The Kier molecular flexibility index (Phi) is 2.83. The first kappa shape index (κ1) is 12.4. The molecule has 4 saturated carbocycles. The normalized spacial score (nSPS) is 53.3. The van der Waals surface area contributed by atoms with Gasteiger partial charge in [0.2, 0.25) is 0 Å². The summed E-state index contributed by atoms with van der Waals surface area (Å²) in [4.78, 5) is 12.3. The zero-order valence-electron chi connectivity index (χ0n) is 12.4. The van der Waals surface area contributed by atoms with Crippen LogP contribution in [0.1, 0.15) is 71.1 Å². The van der Waals surface area contributed by atoms with Gasteiger partial charge < -0.3 is 0 Å². The van der Waals surface area contributed by atoms with Crippen molar-refractivity contribution in [3.05, 3.63) is 0 Å². The molecule has 106 valence electrons. The molecule has 4 fully saturated rings. The van der Waals surface area contributed by atoms with Gasteiger partial charge in [-0.05, 0) is 68.1 Å². The van der Waals surface area contributed by atoms with Crippen molar-refractivity contribution in [2.75, 3.05) is 0 Å². The molecule has 19 heavy (non-hydrogen) atoms. The van der Waals surface area contributed by atoms with E-state index in [4.69, 9.17) is 0 Å². The average molecular weight is 260 g/mol. The summed E-state index contributed by atoms with van der Waals surface area (Å²) >= 11 is 0. The highest BCUT2D eigenvalue weighted by molar-refractivity contribution is 5.87. The molecule has 0 heterocycles. The lowest BCUT2D eigenvalue weighted by molar-refractivity contribution is -0.132. The van der Waals surface area contributed by atoms with Crippen molar-refractivity contribution in [3.8, 4) is 0 Å². The van der Waals surface area contributed by atoms with Crippen LogP contribution in [0.3, 0.4) is 0 Å². The van der Waals surface area contributed by atoms with E-state index in [-0.39, 0.29) is 5.41 Å². The minimum Gasteiger partial charge on any atom is -0.299 e. The fourth-order valence-electron chi connectivity index (χ4n) is 6.60.